The Morgan fingerprint density at radius 1 is 1.50 bits per heavy atom. The van der Waals surface area contributed by atoms with Gasteiger partial charge in [-0.1, -0.05) is 11.6 Å². The fourth-order valence-electron chi connectivity index (χ4n) is 3.28. The normalized spacial score (nSPS) is 20.8. The molecule has 26 heavy (non-hydrogen) atoms. The molecule has 0 radical (unpaired) electrons. The predicted octanol–water partition coefficient (Wildman–Crippen LogP) is 2.47. The average Bonchev–Trinajstić information content (AvgIpc) is 3.17. The SMILES string of the molecule is COC1CN(C(C)C)CC1NC(=O)N(C)Cc1nc2ccc(Cl)cc2[nH]1. The van der Waals surface area contributed by atoms with Gasteiger partial charge in [0.2, 0.25) is 0 Å². The van der Waals surface area contributed by atoms with E-state index in [9.17, 15) is 4.79 Å². The van der Waals surface area contributed by atoms with Crippen molar-refractivity contribution >= 4 is 28.7 Å². The fourth-order valence-corrected chi connectivity index (χ4v) is 3.45. The van der Waals surface area contributed by atoms with Crippen LogP contribution in [-0.4, -0.2) is 71.2 Å². The molecule has 8 heteroatoms. The number of halogens is 1. The Morgan fingerprint density at radius 2 is 2.27 bits per heavy atom. The van der Waals surface area contributed by atoms with Crippen LogP contribution in [0.3, 0.4) is 0 Å². The van der Waals surface area contributed by atoms with E-state index in [0.29, 0.717) is 17.6 Å². The first-order chi connectivity index (χ1) is 12.4. The summed E-state index contributed by atoms with van der Waals surface area (Å²) in [7, 11) is 3.45. The maximum atomic E-state index is 12.6. The zero-order valence-corrected chi connectivity index (χ0v) is 16.4. The van der Waals surface area contributed by atoms with Crippen LogP contribution in [-0.2, 0) is 11.3 Å². The van der Waals surface area contributed by atoms with Crippen LogP contribution in [0, 0.1) is 0 Å². The van der Waals surface area contributed by atoms with Gasteiger partial charge in [-0.05, 0) is 32.0 Å². The van der Waals surface area contributed by atoms with Crippen LogP contribution in [0.2, 0.25) is 5.02 Å². The van der Waals surface area contributed by atoms with Crippen LogP contribution < -0.4 is 5.32 Å². The van der Waals surface area contributed by atoms with Crippen LogP contribution >= 0.6 is 11.6 Å². The van der Waals surface area contributed by atoms with Crippen LogP contribution in [0.5, 0.6) is 0 Å². The van der Waals surface area contributed by atoms with Crippen molar-refractivity contribution in [1.82, 2.24) is 25.1 Å². The van der Waals surface area contributed by atoms with Crippen molar-refractivity contribution in [2.75, 3.05) is 27.2 Å². The van der Waals surface area contributed by atoms with E-state index in [1.54, 1.807) is 25.1 Å². The molecule has 1 aliphatic heterocycles. The lowest BCUT2D eigenvalue weighted by Gasteiger charge is -2.23. The molecule has 1 saturated heterocycles. The summed E-state index contributed by atoms with van der Waals surface area (Å²) in [5, 5.41) is 3.74. The molecule has 0 bridgehead atoms. The number of likely N-dealkylation sites (tertiary alicyclic amines) is 1. The number of ether oxygens (including phenoxy) is 1. The predicted molar refractivity (Wildman–Crippen MR) is 102 cm³/mol. The van der Waals surface area contributed by atoms with Crippen molar-refractivity contribution in [3.63, 3.8) is 0 Å². The maximum absolute atomic E-state index is 12.6. The molecule has 1 aliphatic rings. The molecule has 2 aromatic rings. The Hall–Kier alpha value is -1.83. The molecule has 3 rings (SSSR count). The summed E-state index contributed by atoms with van der Waals surface area (Å²) < 4.78 is 5.55. The maximum Gasteiger partial charge on any atom is 0.317 e. The van der Waals surface area contributed by atoms with Gasteiger partial charge in [-0.3, -0.25) is 4.90 Å². The van der Waals surface area contributed by atoms with Crippen LogP contribution in [0.1, 0.15) is 19.7 Å². The van der Waals surface area contributed by atoms with Crippen molar-refractivity contribution in [1.29, 1.82) is 0 Å². The minimum atomic E-state index is -0.138. The van der Waals surface area contributed by atoms with Crippen molar-refractivity contribution in [3.8, 4) is 0 Å². The van der Waals surface area contributed by atoms with Gasteiger partial charge in [-0.25, -0.2) is 9.78 Å². The van der Waals surface area contributed by atoms with E-state index in [0.717, 1.165) is 29.9 Å². The summed E-state index contributed by atoms with van der Waals surface area (Å²) in [5.41, 5.74) is 1.70. The summed E-state index contributed by atoms with van der Waals surface area (Å²) in [5.74, 6) is 0.721. The van der Waals surface area contributed by atoms with E-state index in [1.807, 2.05) is 12.1 Å². The van der Waals surface area contributed by atoms with Gasteiger partial charge in [-0.15, -0.1) is 0 Å². The second kappa shape index (κ2) is 7.82. The van der Waals surface area contributed by atoms with E-state index in [-0.39, 0.29) is 18.2 Å². The number of imidazole rings is 1. The molecule has 7 nitrogen and oxygen atoms in total. The van der Waals surface area contributed by atoms with Crippen molar-refractivity contribution in [2.45, 2.75) is 38.6 Å². The zero-order valence-electron chi connectivity index (χ0n) is 15.6. The van der Waals surface area contributed by atoms with Gasteiger partial charge in [0.25, 0.3) is 0 Å². The standard InChI is InChI=1S/C18H26ClN5O2/c1-11(2)24-8-15(16(9-24)26-4)22-18(25)23(3)10-17-20-13-6-5-12(19)7-14(13)21-17/h5-7,11,15-16H,8-10H2,1-4H3,(H,20,21)(H,22,25). The van der Waals surface area contributed by atoms with Crippen molar-refractivity contribution < 1.29 is 9.53 Å². The molecule has 0 aliphatic carbocycles. The first-order valence-corrected chi connectivity index (χ1v) is 9.17. The van der Waals surface area contributed by atoms with Crippen LogP contribution in [0.15, 0.2) is 18.2 Å². The van der Waals surface area contributed by atoms with Crippen molar-refractivity contribution in [3.05, 3.63) is 29.0 Å². The van der Waals surface area contributed by atoms with E-state index in [4.69, 9.17) is 16.3 Å². The minimum Gasteiger partial charge on any atom is -0.378 e. The molecule has 0 spiro atoms. The second-order valence-electron chi connectivity index (χ2n) is 7.08. The lowest BCUT2D eigenvalue weighted by Crippen LogP contribution is -2.48. The Balaban J connectivity index is 1.61. The molecule has 2 atom stereocenters. The summed E-state index contributed by atoms with van der Waals surface area (Å²) in [6.45, 7) is 6.30. The van der Waals surface area contributed by atoms with E-state index >= 15 is 0 Å². The number of hydrogen-bond acceptors (Lipinski definition) is 4. The highest BCUT2D eigenvalue weighted by atomic mass is 35.5. The van der Waals surface area contributed by atoms with Gasteiger partial charge in [-0.2, -0.15) is 0 Å². The van der Waals surface area contributed by atoms with E-state index < -0.39 is 0 Å². The van der Waals surface area contributed by atoms with Gasteiger partial charge < -0.3 is 19.9 Å². The number of aromatic nitrogens is 2. The molecule has 2 heterocycles. The molecular formula is C18H26ClN5O2. The third-order valence-electron chi connectivity index (χ3n) is 4.86. The van der Waals surface area contributed by atoms with Gasteiger partial charge in [0.1, 0.15) is 5.82 Å². The summed E-state index contributed by atoms with van der Waals surface area (Å²) in [6.07, 6.45) is 0.00286. The Labute approximate surface area is 158 Å². The number of rotatable bonds is 5. The first kappa shape index (κ1) is 18.9. The molecule has 1 aromatic heterocycles. The highest BCUT2D eigenvalue weighted by Gasteiger charge is 2.35. The first-order valence-electron chi connectivity index (χ1n) is 8.80. The second-order valence-corrected chi connectivity index (χ2v) is 7.52. The number of carbonyl (C=O) groups is 1. The number of methoxy groups -OCH3 is 1. The van der Waals surface area contributed by atoms with E-state index in [1.165, 1.54) is 0 Å². The highest BCUT2D eigenvalue weighted by molar-refractivity contribution is 6.31. The third-order valence-corrected chi connectivity index (χ3v) is 5.10. The quantitative estimate of drug-likeness (QED) is 0.837. The lowest BCUT2D eigenvalue weighted by atomic mass is 10.2. The number of carbonyl (C=O) groups excluding carboxylic acids is 1. The number of benzene rings is 1. The largest absolute Gasteiger partial charge is 0.378 e. The minimum absolute atomic E-state index is 0.00286. The number of hydrogen-bond donors (Lipinski definition) is 2. The summed E-state index contributed by atoms with van der Waals surface area (Å²) >= 11 is 6.00. The number of aromatic amines is 1. The van der Waals surface area contributed by atoms with Gasteiger partial charge >= 0.3 is 6.03 Å². The van der Waals surface area contributed by atoms with Crippen LogP contribution in [0.4, 0.5) is 4.79 Å². The Kier molecular flexibility index (Phi) is 5.70. The molecule has 0 saturated carbocycles. The Morgan fingerprint density at radius 3 is 2.96 bits per heavy atom. The molecular weight excluding hydrogens is 354 g/mol. The smallest absolute Gasteiger partial charge is 0.317 e. The lowest BCUT2D eigenvalue weighted by molar-refractivity contribution is 0.0873. The molecule has 2 N–H and O–H groups in total. The fraction of sp³-hybridized carbons (Fsp3) is 0.556. The highest BCUT2D eigenvalue weighted by Crippen LogP contribution is 2.18. The molecule has 1 fully saturated rings. The van der Waals surface area contributed by atoms with Gasteiger partial charge in [0.05, 0.1) is 29.7 Å². The van der Waals surface area contributed by atoms with E-state index in [2.05, 4.69) is 34.0 Å². The molecule has 142 valence electrons. The van der Waals surface area contributed by atoms with Crippen LogP contribution in [0.25, 0.3) is 11.0 Å². The molecule has 1 aromatic carbocycles. The van der Waals surface area contributed by atoms with Gasteiger partial charge in [0, 0.05) is 38.3 Å². The average molecular weight is 380 g/mol. The zero-order chi connectivity index (χ0) is 18.8. The number of amides is 2. The number of fused-ring (bicyclic) bond motifs is 1. The summed E-state index contributed by atoms with van der Waals surface area (Å²) in [6, 6.07) is 5.76. The topological polar surface area (TPSA) is 73.5 Å². The third kappa shape index (κ3) is 4.11. The molecule has 2 unspecified atom stereocenters. The van der Waals surface area contributed by atoms with Gasteiger partial charge in [0.15, 0.2) is 0 Å². The number of urea groups is 1. The summed E-state index contributed by atoms with van der Waals surface area (Å²) in [4.78, 5) is 24.2. The van der Waals surface area contributed by atoms with Crippen molar-refractivity contribution in [2.24, 2.45) is 0 Å². The number of nitrogens with zero attached hydrogens (tertiary/aromatic N) is 3. The monoisotopic (exact) mass is 379 g/mol. The Bertz CT molecular complexity index is 778. The number of nitrogens with one attached hydrogen (secondary N) is 2. The number of H-pyrrole nitrogens is 1. The molecule has 2 amide bonds.